The van der Waals surface area contributed by atoms with Gasteiger partial charge in [0.2, 0.25) is 0 Å². The molecule has 0 bridgehead atoms. The molecule has 0 atom stereocenters. The van der Waals surface area contributed by atoms with E-state index >= 15 is 0 Å². The highest BCUT2D eigenvalue weighted by molar-refractivity contribution is 9.09. The van der Waals surface area contributed by atoms with Gasteiger partial charge in [-0.15, -0.1) is 0 Å². The van der Waals surface area contributed by atoms with Crippen LogP contribution >= 0.6 is 15.9 Å². The number of esters is 1. The summed E-state index contributed by atoms with van der Waals surface area (Å²) in [4.78, 5) is 10.9. The van der Waals surface area contributed by atoms with E-state index in [-0.39, 0.29) is 6.61 Å². The average molecular weight is 437 g/mol. The Morgan fingerprint density at radius 1 is 0.875 bits per heavy atom. The van der Waals surface area contributed by atoms with Gasteiger partial charge in [-0.05, 0) is 12.8 Å². The zero-order valence-electron chi connectivity index (χ0n) is 13.8. The molecule has 0 saturated carbocycles. The standard InChI is InChI=1S/C15H27BrF2O5S/c16-12-10-8-6-4-2-1-3-5-7-9-11-13-23-14(19)15(17,18)24(20,21)22/h1-13H2,(H,20,21,22). The predicted molar refractivity (Wildman–Crippen MR) is 92.0 cm³/mol. The lowest BCUT2D eigenvalue weighted by Gasteiger charge is -2.11. The first-order valence-corrected chi connectivity index (χ1v) is 10.9. The minimum Gasteiger partial charge on any atom is -0.460 e. The number of rotatable bonds is 15. The first-order valence-electron chi connectivity index (χ1n) is 8.31. The highest BCUT2D eigenvalue weighted by Crippen LogP contribution is 2.22. The molecule has 9 heteroatoms. The molecular formula is C15H27BrF2O5S. The Kier molecular flexibility index (Phi) is 12.8. The van der Waals surface area contributed by atoms with E-state index in [9.17, 15) is 22.0 Å². The minimum absolute atomic E-state index is 0.280. The fraction of sp³-hybridized carbons (Fsp3) is 0.933. The predicted octanol–water partition coefficient (Wildman–Crippen LogP) is 4.70. The largest absolute Gasteiger partial charge is 0.465 e. The normalized spacial score (nSPS) is 12.3. The van der Waals surface area contributed by atoms with Crippen molar-refractivity contribution in [3.05, 3.63) is 0 Å². The van der Waals surface area contributed by atoms with Crippen LogP contribution in [-0.4, -0.2) is 36.1 Å². The molecule has 144 valence electrons. The Balaban J connectivity index is 3.47. The van der Waals surface area contributed by atoms with Crippen LogP contribution in [0.4, 0.5) is 8.78 Å². The molecule has 24 heavy (non-hydrogen) atoms. The monoisotopic (exact) mass is 436 g/mol. The Hall–Kier alpha value is -0.280. The van der Waals surface area contributed by atoms with Crippen LogP contribution in [0.1, 0.15) is 70.6 Å². The summed E-state index contributed by atoms with van der Waals surface area (Å²) >= 11 is 3.40. The van der Waals surface area contributed by atoms with Crippen LogP contribution in [0.2, 0.25) is 0 Å². The maximum atomic E-state index is 12.9. The second kappa shape index (κ2) is 13.0. The number of alkyl halides is 3. The number of hydrogen-bond acceptors (Lipinski definition) is 4. The van der Waals surface area contributed by atoms with Crippen molar-refractivity contribution < 1.29 is 31.3 Å². The average Bonchev–Trinajstić information content (AvgIpc) is 2.50. The van der Waals surface area contributed by atoms with Crippen molar-refractivity contribution in [3.8, 4) is 0 Å². The van der Waals surface area contributed by atoms with Gasteiger partial charge in [-0.3, -0.25) is 4.55 Å². The van der Waals surface area contributed by atoms with Crippen molar-refractivity contribution in [2.45, 2.75) is 75.9 Å². The molecule has 0 amide bonds. The topological polar surface area (TPSA) is 80.7 Å². The molecular weight excluding hydrogens is 410 g/mol. The van der Waals surface area contributed by atoms with E-state index in [1.807, 2.05) is 0 Å². The number of carbonyl (C=O) groups is 1. The molecule has 5 nitrogen and oxygen atoms in total. The van der Waals surface area contributed by atoms with Crippen LogP contribution in [0.3, 0.4) is 0 Å². The van der Waals surface area contributed by atoms with Crippen LogP contribution in [-0.2, 0) is 19.6 Å². The van der Waals surface area contributed by atoms with E-state index in [0.29, 0.717) is 6.42 Å². The SMILES string of the molecule is O=C(OCCCCCCCCCCCCCBr)C(F)(F)S(=O)(=O)O. The Bertz CT molecular complexity index is 443. The number of carbonyl (C=O) groups excluding carboxylic acids is 1. The molecule has 0 fully saturated rings. The van der Waals surface area contributed by atoms with Crippen molar-refractivity contribution in [1.29, 1.82) is 0 Å². The number of unbranched alkanes of at least 4 members (excludes halogenated alkanes) is 10. The van der Waals surface area contributed by atoms with Crippen molar-refractivity contribution in [3.63, 3.8) is 0 Å². The molecule has 0 aliphatic heterocycles. The molecule has 0 aromatic rings. The molecule has 1 N–H and O–H groups in total. The smallest absolute Gasteiger partial charge is 0.460 e. The van der Waals surface area contributed by atoms with E-state index in [1.54, 1.807) is 0 Å². The van der Waals surface area contributed by atoms with Gasteiger partial charge in [-0.25, -0.2) is 4.79 Å². The Morgan fingerprint density at radius 3 is 1.62 bits per heavy atom. The molecule has 0 rings (SSSR count). The summed E-state index contributed by atoms with van der Waals surface area (Å²) in [5.74, 6) is -2.23. The molecule has 0 aromatic carbocycles. The van der Waals surface area contributed by atoms with Crippen molar-refractivity contribution in [2.75, 3.05) is 11.9 Å². The summed E-state index contributed by atoms with van der Waals surface area (Å²) < 4.78 is 58.8. The van der Waals surface area contributed by atoms with E-state index in [4.69, 9.17) is 4.55 Å². The van der Waals surface area contributed by atoms with E-state index in [0.717, 1.165) is 31.0 Å². The maximum absolute atomic E-state index is 12.9. The highest BCUT2D eigenvalue weighted by atomic mass is 79.9. The lowest BCUT2D eigenvalue weighted by molar-refractivity contribution is -0.161. The molecule has 0 saturated heterocycles. The van der Waals surface area contributed by atoms with Crippen molar-refractivity contribution in [1.82, 2.24) is 0 Å². The third kappa shape index (κ3) is 10.6. The summed E-state index contributed by atoms with van der Waals surface area (Å²) in [5, 5.41) is -3.84. The molecule has 0 heterocycles. The molecule has 0 unspecified atom stereocenters. The summed E-state index contributed by atoms with van der Waals surface area (Å²) in [6, 6.07) is 0. The zero-order chi connectivity index (χ0) is 18.5. The van der Waals surface area contributed by atoms with E-state index < -0.39 is 21.3 Å². The molecule has 0 aliphatic rings. The van der Waals surface area contributed by atoms with E-state index in [1.165, 1.54) is 38.5 Å². The number of ether oxygens (including phenoxy) is 1. The maximum Gasteiger partial charge on any atom is 0.465 e. The van der Waals surface area contributed by atoms with Gasteiger partial charge in [0.05, 0.1) is 6.61 Å². The van der Waals surface area contributed by atoms with Crippen molar-refractivity contribution in [2.24, 2.45) is 0 Å². The first-order chi connectivity index (χ1) is 11.2. The van der Waals surface area contributed by atoms with Crippen LogP contribution in [0.25, 0.3) is 0 Å². The van der Waals surface area contributed by atoms with Gasteiger partial charge < -0.3 is 4.74 Å². The zero-order valence-corrected chi connectivity index (χ0v) is 16.2. The summed E-state index contributed by atoms with van der Waals surface area (Å²) in [6.07, 6.45) is 11.6. The van der Waals surface area contributed by atoms with Gasteiger partial charge >= 0.3 is 21.3 Å². The van der Waals surface area contributed by atoms with Crippen molar-refractivity contribution >= 4 is 32.0 Å². The molecule has 0 aliphatic carbocycles. The Morgan fingerprint density at radius 2 is 1.25 bits per heavy atom. The van der Waals surface area contributed by atoms with Gasteiger partial charge in [-0.1, -0.05) is 73.7 Å². The first kappa shape index (κ1) is 23.7. The van der Waals surface area contributed by atoms with Gasteiger partial charge in [-0.2, -0.15) is 17.2 Å². The van der Waals surface area contributed by atoms with E-state index in [2.05, 4.69) is 20.7 Å². The minimum atomic E-state index is -5.78. The summed E-state index contributed by atoms with van der Waals surface area (Å²) in [7, 11) is -5.78. The molecule has 0 aromatic heterocycles. The second-order valence-electron chi connectivity index (χ2n) is 5.71. The molecule has 0 radical (unpaired) electrons. The fourth-order valence-corrected chi connectivity index (χ4v) is 2.81. The summed E-state index contributed by atoms with van der Waals surface area (Å²) in [5.41, 5.74) is 0. The lowest BCUT2D eigenvalue weighted by Crippen LogP contribution is -2.39. The second-order valence-corrected chi connectivity index (χ2v) is 7.96. The lowest BCUT2D eigenvalue weighted by atomic mass is 10.1. The van der Waals surface area contributed by atoms with Gasteiger partial charge in [0.25, 0.3) is 0 Å². The van der Waals surface area contributed by atoms with Gasteiger partial charge in [0, 0.05) is 5.33 Å². The number of halogens is 3. The van der Waals surface area contributed by atoms with Crippen LogP contribution < -0.4 is 0 Å². The van der Waals surface area contributed by atoms with Gasteiger partial charge in [0.1, 0.15) is 0 Å². The third-order valence-corrected chi connectivity index (χ3v) is 4.95. The van der Waals surface area contributed by atoms with Crippen LogP contribution in [0, 0.1) is 0 Å². The highest BCUT2D eigenvalue weighted by Gasteiger charge is 2.54. The summed E-state index contributed by atoms with van der Waals surface area (Å²) in [6.45, 7) is -0.280. The quantitative estimate of drug-likeness (QED) is 0.174. The Labute approximate surface area is 151 Å². The number of hydrogen-bond donors (Lipinski definition) is 1. The van der Waals surface area contributed by atoms with Gasteiger partial charge in [0.15, 0.2) is 0 Å². The van der Waals surface area contributed by atoms with Crippen LogP contribution in [0.15, 0.2) is 0 Å². The third-order valence-electron chi connectivity index (χ3n) is 3.57. The fourth-order valence-electron chi connectivity index (χ4n) is 2.14. The van der Waals surface area contributed by atoms with Crippen LogP contribution in [0.5, 0.6) is 0 Å². The molecule has 0 spiro atoms.